The van der Waals surface area contributed by atoms with Crippen molar-refractivity contribution in [2.24, 2.45) is 5.41 Å². The number of benzene rings is 1. The van der Waals surface area contributed by atoms with Gasteiger partial charge in [-0.1, -0.05) is 13.8 Å². The van der Waals surface area contributed by atoms with Gasteiger partial charge in [0.15, 0.2) is 5.78 Å². The van der Waals surface area contributed by atoms with Crippen molar-refractivity contribution in [3.05, 3.63) is 28.2 Å². The molecule has 0 spiro atoms. The third-order valence-electron chi connectivity index (χ3n) is 2.82. The molecule has 0 aliphatic heterocycles. The molecule has 0 aromatic heterocycles. The van der Waals surface area contributed by atoms with Crippen LogP contribution in [0.4, 0.5) is 0 Å². The highest BCUT2D eigenvalue weighted by Crippen LogP contribution is 2.30. The quantitative estimate of drug-likeness (QED) is 0.762. The van der Waals surface area contributed by atoms with E-state index in [1.807, 2.05) is 6.92 Å². The number of hydrogen-bond donors (Lipinski definition) is 1. The summed E-state index contributed by atoms with van der Waals surface area (Å²) in [7, 11) is 0. The lowest BCUT2D eigenvalue weighted by molar-refractivity contribution is -0.139. The van der Waals surface area contributed by atoms with E-state index in [9.17, 15) is 9.59 Å². The smallest absolute Gasteiger partial charge is 0.303 e. The van der Waals surface area contributed by atoms with Gasteiger partial charge in [0, 0.05) is 12.0 Å². The van der Waals surface area contributed by atoms with Crippen LogP contribution in [0.25, 0.3) is 0 Å². The summed E-state index contributed by atoms with van der Waals surface area (Å²) in [6.45, 7) is 6.00. The lowest BCUT2D eigenvalue weighted by Gasteiger charge is -2.21. The maximum atomic E-state index is 12.2. The fourth-order valence-electron chi connectivity index (χ4n) is 1.96. The normalized spacial score (nSPS) is 11.2. The number of rotatable bonds is 7. The van der Waals surface area contributed by atoms with Crippen LogP contribution in [0.3, 0.4) is 0 Å². The van der Waals surface area contributed by atoms with Crippen LogP contribution in [-0.2, 0) is 4.79 Å². The Hall–Kier alpha value is -1.36. The third-order valence-corrected chi connectivity index (χ3v) is 3.44. The molecule has 0 aliphatic rings. The minimum absolute atomic E-state index is 0.0308. The monoisotopic (exact) mass is 342 g/mol. The molecule has 4 nitrogen and oxygen atoms in total. The molecule has 0 fully saturated rings. The molecule has 1 aromatic rings. The van der Waals surface area contributed by atoms with Crippen LogP contribution in [0.2, 0.25) is 0 Å². The van der Waals surface area contributed by atoms with Gasteiger partial charge in [-0.15, -0.1) is 0 Å². The second kappa shape index (κ2) is 6.88. The number of carbonyl (C=O) groups is 2. The molecule has 0 saturated carbocycles. The number of hydrogen-bond acceptors (Lipinski definition) is 3. The van der Waals surface area contributed by atoms with Gasteiger partial charge in [0.25, 0.3) is 0 Å². The molecule has 0 heterocycles. The molecule has 0 atom stereocenters. The molecular weight excluding hydrogens is 324 g/mol. The van der Waals surface area contributed by atoms with E-state index in [1.54, 1.807) is 32.0 Å². The van der Waals surface area contributed by atoms with E-state index >= 15 is 0 Å². The van der Waals surface area contributed by atoms with Crippen LogP contribution < -0.4 is 4.74 Å². The molecule has 0 unspecified atom stereocenters. The van der Waals surface area contributed by atoms with Gasteiger partial charge in [-0.05, 0) is 46.5 Å². The summed E-state index contributed by atoms with van der Waals surface area (Å²) in [5.41, 5.74) is -0.00709. The van der Waals surface area contributed by atoms with Crippen LogP contribution in [0.15, 0.2) is 22.7 Å². The van der Waals surface area contributed by atoms with Crippen LogP contribution in [-0.4, -0.2) is 23.5 Å². The summed E-state index contributed by atoms with van der Waals surface area (Å²) in [5, 5.41) is 8.84. The molecule has 20 heavy (non-hydrogen) atoms. The SMILES string of the molecule is CCOc1ccc(C(=O)CC(C)(C)CC(=O)O)cc1Br. The maximum absolute atomic E-state index is 12.2. The van der Waals surface area contributed by atoms with Crippen molar-refractivity contribution in [2.45, 2.75) is 33.6 Å². The summed E-state index contributed by atoms with van der Waals surface area (Å²) in [6, 6.07) is 5.16. The highest BCUT2D eigenvalue weighted by atomic mass is 79.9. The zero-order valence-corrected chi connectivity index (χ0v) is 13.5. The molecule has 1 rings (SSSR count). The Kier molecular flexibility index (Phi) is 5.74. The lowest BCUT2D eigenvalue weighted by atomic mass is 9.82. The van der Waals surface area contributed by atoms with E-state index in [0.29, 0.717) is 17.9 Å². The minimum Gasteiger partial charge on any atom is -0.493 e. The average Bonchev–Trinajstić information content (AvgIpc) is 2.29. The first kappa shape index (κ1) is 16.7. The summed E-state index contributed by atoms with van der Waals surface area (Å²) in [6.07, 6.45) is 0.163. The molecule has 0 saturated heterocycles. The number of ketones is 1. The fourth-order valence-corrected chi connectivity index (χ4v) is 2.45. The number of Topliss-reactive ketones (excluding diaryl/α,β-unsaturated/α-hetero) is 1. The van der Waals surface area contributed by atoms with Gasteiger partial charge in [0.1, 0.15) is 5.75 Å². The van der Waals surface area contributed by atoms with Crippen LogP contribution in [0.1, 0.15) is 44.0 Å². The third kappa shape index (κ3) is 4.96. The number of carboxylic acid groups (broad SMARTS) is 1. The van der Waals surface area contributed by atoms with Gasteiger partial charge < -0.3 is 9.84 Å². The summed E-state index contributed by atoms with van der Waals surface area (Å²) in [4.78, 5) is 23.0. The average molecular weight is 343 g/mol. The molecule has 0 radical (unpaired) electrons. The van der Waals surface area contributed by atoms with Crippen LogP contribution >= 0.6 is 15.9 Å². The van der Waals surface area contributed by atoms with Crippen molar-refractivity contribution in [2.75, 3.05) is 6.61 Å². The zero-order chi connectivity index (χ0) is 15.3. The van der Waals surface area contributed by atoms with Crippen LogP contribution in [0, 0.1) is 5.41 Å². The number of carbonyl (C=O) groups excluding carboxylic acids is 1. The largest absolute Gasteiger partial charge is 0.493 e. The Bertz CT molecular complexity index is 509. The first-order valence-electron chi connectivity index (χ1n) is 6.42. The predicted molar refractivity (Wildman–Crippen MR) is 80.3 cm³/mol. The van der Waals surface area contributed by atoms with E-state index in [0.717, 1.165) is 4.47 Å². The van der Waals surface area contributed by atoms with E-state index in [2.05, 4.69) is 15.9 Å². The van der Waals surface area contributed by atoms with E-state index in [4.69, 9.17) is 9.84 Å². The zero-order valence-electron chi connectivity index (χ0n) is 11.9. The predicted octanol–water partition coefficient (Wildman–Crippen LogP) is 3.92. The summed E-state index contributed by atoms with van der Waals surface area (Å²) < 4.78 is 6.11. The van der Waals surface area contributed by atoms with Gasteiger partial charge in [-0.25, -0.2) is 0 Å². The second-order valence-corrected chi connectivity index (χ2v) is 6.27. The van der Waals surface area contributed by atoms with E-state index in [1.165, 1.54) is 0 Å². The molecule has 1 aromatic carbocycles. The Morgan fingerprint density at radius 1 is 1.30 bits per heavy atom. The van der Waals surface area contributed by atoms with E-state index in [-0.39, 0.29) is 18.6 Å². The summed E-state index contributed by atoms with van der Waals surface area (Å²) >= 11 is 3.37. The molecule has 0 aliphatic carbocycles. The molecule has 5 heteroatoms. The van der Waals surface area contributed by atoms with Crippen molar-refractivity contribution in [1.29, 1.82) is 0 Å². The van der Waals surface area contributed by atoms with Gasteiger partial charge in [-0.3, -0.25) is 9.59 Å². The molecule has 110 valence electrons. The van der Waals surface area contributed by atoms with Crippen molar-refractivity contribution < 1.29 is 19.4 Å². The van der Waals surface area contributed by atoms with Gasteiger partial charge in [0.05, 0.1) is 17.5 Å². The first-order chi connectivity index (χ1) is 9.25. The highest BCUT2D eigenvalue weighted by molar-refractivity contribution is 9.10. The van der Waals surface area contributed by atoms with Gasteiger partial charge in [-0.2, -0.15) is 0 Å². The number of ether oxygens (including phenoxy) is 1. The maximum Gasteiger partial charge on any atom is 0.303 e. The Balaban J connectivity index is 2.82. The Labute approximate surface area is 127 Å². The topological polar surface area (TPSA) is 63.6 Å². The highest BCUT2D eigenvalue weighted by Gasteiger charge is 2.26. The lowest BCUT2D eigenvalue weighted by Crippen LogP contribution is -2.21. The number of aliphatic carboxylic acids is 1. The minimum atomic E-state index is -0.893. The molecule has 1 N–H and O–H groups in total. The number of halogens is 1. The Morgan fingerprint density at radius 3 is 2.45 bits per heavy atom. The van der Waals surface area contributed by atoms with Crippen molar-refractivity contribution in [3.8, 4) is 5.75 Å². The Morgan fingerprint density at radius 2 is 1.95 bits per heavy atom. The molecular formula is C15H19BrO4. The van der Waals surface area contributed by atoms with Crippen molar-refractivity contribution >= 4 is 27.7 Å². The van der Waals surface area contributed by atoms with Gasteiger partial charge in [0.2, 0.25) is 0 Å². The fraction of sp³-hybridized carbons (Fsp3) is 0.467. The summed E-state index contributed by atoms with van der Waals surface area (Å²) in [5.74, 6) is -0.274. The molecule has 0 bridgehead atoms. The van der Waals surface area contributed by atoms with Crippen molar-refractivity contribution in [1.82, 2.24) is 0 Å². The van der Waals surface area contributed by atoms with Crippen LogP contribution in [0.5, 0.6) is 5.75 Å². The van der Waals surface area contributed by atoms with Crippen molar-refractivity contribution in [3.63, 3.8) is 0 Å². The second-order valence-electron chi connectivity index (χ2n) is 5.41. The van der Waals surface area contributed by atoms with E-state index < -0.39 is 11.4 Å². The molecule has 0 amide bonds. The first-order valence-corrected chi connectivity index (χ1v) is 7.22. The standard InChI is InChI=1S/C15H19BrO4/c1-4-20-13-6-5-10(7-11(13)16)12(17)8-15(2,3)9-14(18)19/h5-7H,4,8-9H2,1-3H3,(H,18,19). The van der Waals surface area contributed by atoms with Gasteiger partial charge >= 0.3 is 5.97 Å². The number of carboxylic acids is 1.